The Balaban J connectivity index is 1.77. The number of likely N-dealkylation sites (tertiary alicyclic amines) is 1. The quantitative estimate of drug-likeness (QED) is 0.730. The van der Waals surface area contributed by atoms with Crippen LogP contribution in [0.25, 0.3) is 6.08 Å². The van der Waals surface area contributed by atoms with E-state index in [2.05, 4.69) is 9.89 Å². The van der Waals surface area contributed by atoms with Crippen molar-refractivity contribution in [1.29, 1.82) is 0 Å². The molecular formula is C13H14N2O2S. The Morgan fingerprint density at radius 2 is 2.17 bits per heavy atom. The normalized spacial score (nSPS) is 22.1. The molecular weight excluding hydrogens is 248 g/mol. The first kappa shape index (κ1) is 11.6. The first-order valence-corrected chi connectivity index (χ1v) is 6.88. The third-order valence-electron chi connectivity index (χ3n) is 3.02. The number of nitrogens with zero attached hydrogens (tertiary/aromatic N) is 2. The number of furan rings is 1. The highest BCUT2D eigenvalue weighted by Crippen LogP contribution is 2.31. The lowest BCUT2D eigenvalue weighted by atomic mass is 10.4. The standard InChI is InChI=1S/C13H14N2O2S/c1-9-4-5-10(17-9)8-11-12(16)14-13(18-11)15-6-2-3-7-15/h4-5,8H,2-3,6-7H2,1H3/b11-8+. The summed E-state index contributed by atoms with van der Waals surface area (Å²) in [7, 11) is 0. The van der Waals surface area contributed by atoms with E-state index in [1.54, 1.807) is 6.08 Å². The first-order chi connectivity index (χ1) is 8.72. The van der Waals surface area contributed by atoms with E-state index in [4.69, 9.17) is 4.42 Å². The lowest BCUT2D eigenvalue weighted by Gasteiger charge is -2.14. The predicted molar refractivity (Wildman–Crippen MR) is 72.3 cm³/mol. The maximum atomic E-state index is 11.8. The molecule has 4 nitrogen and oxygen atoms in total. The Labute approximate surface area is 110 Å². The fraction of sp³-hybridized carbons (Fsp3) is 0.385. The number of hydrogen-bond acceptors (Lipinski definition) is 4. The van der Waals surface area contributed by atoms with Gasteiger partial charge in [-0.2, -0.15) is 4.99 Å². The second-order valence-electron chi connectivity index (χ2n) is 4.45. The Morgan fingerprint density at radius 1 is 1.39 bits per heavy atom. The van der Waals surface area contributed by atoms with Crippen molar-refractivity contribution < 1.29 is 9.21 Å². The van der Waals surface area contributed by atoms with Crippen molar-refractivity contribution in [2.24, 2.45) is 4.99 Å². The number of thioether (sulfide) groups is 1. The number of amidine groups is 1. The van der Waals surface area contributed by atoms with E-state index in [-0.39, 0.29) is 5.91 Å². The molecule has 0 aromatic carbocycles. The Hall–Kier alpha value is -1.49. The molecule has 0 atom stereocenters. The minimum Gasteiger partial charge on any atom is -0.462 e. The minimum atomic E-state index is -0.157. The molecule has 2 aliphatic heterocycles. The summed E-state index contributed by atoms with van der Waals surface area (Å²) in [5.41, 5.74) is 0. The van der Waals surface area contributed by atoms with Crippen LogP contribution in [0, 0.1) is 6.92 Å². The van der Waals surface area contributed by atoms with Gasteiger partial charge < -0.3 is 9.32 Å². The van der Waals surface area contributed by atoms with Gasteiger partial charge in [0.15, 0.2) is 5.17 Å². The lowest BCUT2D eigenvalue weighted by Crippen LogP contribution is -2.23. The molecule has 0 bridgehead atoms. The highest BCUT2D eigenvalue weighted by Gasteiger charge is 2.27. The van der Waals surface area contributed by atoms with Gasteiger partial charge in [-0.25, -0.2) is 0 Å². The van der Waals surface area contributed by atoms with Crippen LogP contribution in [0.5, 0.6) is 0 Å². The second kappa shape index (κ2) is 4.65. The molecule has 0 radical (unpaired) electrons. The molecule has 18 heavy (non-hydrogen) atoms. The molecule has 3 rings (SSSR count). The molecule has 2 aliphatic rings. The van der Waals surface area contributed by atoms with Gasteiger partial charge in [-0.05, 0) is 43.7 Å². The number of amides is 1. The summed E-state index contributed by atoms with van der Waals surface area (Å²) in [4.78, 5) is 18.7. The molecule has 0 aliphatic carbocycles. The van der Waals surface area contributed by atoms with Crippen LogP contribution in [0.15, 0.2) is 26.4 Å². The van der Waals surface area contributed by atoms with E-state index in [0.29, 0.717) is 10.7 Å². The minimum absolute atomic E-state index is 0.157. The average Bonchev–Trinajstić information content (AvgIpc) is 3.02. The van der Waals surface area contributed by atoms with Crippen molar-refractivity contribution in [2.75, 3.05) is 13.1 Å². The average molecular weight is 262 g/mol. The molecule has 1 amide bonds. The molecule has 1 aromatic heterocycles. The zero-order valence-corrected chi connectivity index (χ0v) is 11.0. The predicted octanol–water partition coefficient (Wildman–Crippen LogP) is 2.65. The van der Waals surface area contributed by atoms with Crippen molar-refractivity contribution in [3.8, 4) is 0 Å². The van der Waals surface area contributed by atoms with Crippen LogP contribution in [0.1, 0.15) is 24.4 Å². The number of rotatable bonds is 1. The van der Waals surface area contributed by atoms with Crippen molar-refractivity contribution in [2.45, 2.75) is 19.8 Å². The fourth-order valence-electron chi connectivity index (χ4n) is 2.10. The van der Waals surface area contributed by atoms with Crippen molar-refractivity contribution in [1.82, 2.24) is 4.90 Å². The molecule has 0 saturated carbocycles. The van der Waals surface area contributed by atoms with Gasteiger partial charge in [-0.1, -0.05) is 0 Å². The number of aliphatic imine (C=N–C) groups is 1. The van der Waals surface area contributed by atoms with E-state index in [9.17, 15) is 4.79 Å². The number of aryl methyl sites for hydroxylation is 1. The zero-order valence-electron chi connectivity index (χ0n) is 10.2. The van der Waals surface area contributed by atoms with Gasteiger partial charge in [0.2, 0.25) is 0 Å². The second-order valence-corrected chi connectivity index (χ2v) is 5.46. The van der Waals surface area contributed by atoms with Gasteiger partial charge in [0, 0.05) is 19.2 Å². The van der Waals surface area contributed by atoms with Gasteiger partial charge in [0.1, 0.15) is 11.5 Å². The van der Waals surface area contributed by atoms with Crippen LogP contribution < -0.4 is 0 Å². The van der Waals surface area contributed by atoms with Crippen molar-refractivity contribution in [3.63, 3.8) is 0 Å². The van der Waals surface area contributed by atoms with E-state index < -0.39 is 0 Å². The number of carbonyl (C=O) groups is 1. The van der Waals surface area contributed by atoms with Crippen LogP contribution in [0.4, 0.5) is 0 Å². The van der Waals surface area contributed by atoms with Crippen LogP contribution >= 0.6 is 11.8 Å². The van der Waals surface area contributed by atoms with Crippen LogP contribution in [-0.2, 0) is 4.79 Å². The summed E-state index contributed by atoms with van der Waals surface area (Å²) in [6, 6.07) is 3.75. The summed E-state index contributed by atoms with van der Waals surface area (Å²) in [5.74, 6) is 1.40. The molecule has 94 valence electrons. The van der Waals surface area contributed by atoms with Gasteiger partial charge >= 0.3 is 0 Å². The summed E-state index contributed by atoms with van der Waals surface area (Å²) in [6.07, 6.45) is 4.14. The van der Waals surface area contributed by atoms with Crippen molar-refractivity contribution >= 4 is 28.9 Å². The molecule has 1 fully saturated rings. The molecule has 5 heteroatoms. The van der Waals surface area contributed by atoms with Gasteiger partial charge in [0.05, 0.1) is 4.91 Å². The molecule has 0 N–H and O–H groups in total. The summed E-state index contributed by atoms with van der Waals surface area (Å²) >= 11 is 1.45. The smallest absolute Gasteiger partial charge is 0.286 e. The third kappa shape index (κ3) is 2.22. The van der Waals surface area contributed by atoms with Gasteiger partial charge in [-0.3, -0.25) is 4.79 Å². The SMILES string of the molecule is Cc1ccc(/C=C2/SC(N3CCCC3)=NC2=O)o1. The van der Waals surface area contributed by atoms with E-state index >= 15 is 0 Å². The molecule has 0 unspecified atom stereocenters. The maximum Gasteiger partial charge on any atom is 0.286 e. The molecule has 1 saturated heterocycles. The monoisotopic (exact) mass is 262 g/mol. The Bertz CT molecular complexity index is 539. The van der Waals surface area contributed by atoms with Gasteiger partial charge in [0.25, 0.3) is 5.91 Å². The van der Waals surface area contributed by atoms with Crippen LogP contribution in [0.3, 0.4) is 0 Å². The first-order valence-electron chi connectivity index (χ1n) is 6.06. The number of carbonyl (C=O) groups excluding carboxylic acids is 1. The van der Waals surface area contributed by atoms with Crippen LogP contribution in [-0.4, -0.2) is 29.1 Å². The highest BCUT2D eigenvalue weighted by atomic mass is 32.2. The molecule has 3 heterocycles. The molecule has 1 aromatic rings. The van der Waals surface area contributed by atoms with Crippen LogP contribution in [0.2, 0.25) is 0 Å². The van der Waals surface area contributed by atoms with Gasteiger partial charge in [-0.15, -0.1) is 0 Å². The number of hydrogen-bond donors (Lipinski definition) is 0. The largest absolute Gasteiger partial charge is 0.462 e. The van der Waals surface area contributed by atoms with Crippen molar-refractivity contribution in [3.05, 3.63) is 28.6 Å². The summed E-state index contributed by atoms with van der Waals surface area (Å²) in [6.45, 7) is 3.90. The summed E-state index contributed by atoms with van der Waals surface area (Å²) in [5, 5.41) is 0.840. The van der Waals surface area contributed by atoms with E-state index in [0.717, 1.165) is 24.0 Å². The highest BCUT2D eigenvalue weighted by molar-refractivity contribution is 8.18. The molecule has 0 spiro atoms. The van der Waals surface area contributed by atoms with E-state index in [1.807, 2.05) is 19.1 Å². The lowest BCUT2D eigenvalue weighted by molar-refractivity contribution is -0.113. The zero-order chi connectivity index (χ0) is 12.5. The maximum absolute atomic E-state index is 11.8. The topological polar surface area (TPSA) is 45.8 Å². The Morgan fingerprint density at radius 3 is 2.83 bits per heavy atom. The Kier molecular flexibility index (Phi) is 2.99. The van der Waals surface area contributed by atoms with E-state index in [1.165, 1.54) is 24.6 Å². The summed E-state index contributed by atoms with van der Waals surface area (Å²) < 4.78 is 5.45. The third-order valence-corrected chi connectivity index (χ3v) is 4.06. The fourth-order valence-corrected chi connectivity index (χ4v) is 3.05.